The third kappa shape index (κ3) is 2.31. The number of pyridine rings is 1. The van der Waals surface area contributed by atoms with Gasteiger partial charge in [0, 0.05) is 18.0 Å². The van der Waals surface area contributed by atoms with Gasteiger partial charge in [0.15, 0.2) is 5.65 Å². The molecule has 3 heterocycles. The highest BCUT2D eigenvalue weighted by atomic mass is 16.2. The number of amides is 2. The Kier molecular flexibility index (Phi) is 3.24. The number of nitrogens with two attached hydrogens (primary N) is 1. The van der Waals surface area contributed by atoms with Crippen molar-refractivity contribution in [1.29, 1.82) is 0 Å². The summed E-state index contributed by atoms with van der Waals surface area (Å²) in [6, 6.07) is 10.7. The van der Waals surface area contributed by atoms with Gasteiger partial charge in [-0.05, 0) is 18.6 Å². The van der Waals surface area contributed by atoms with Crippen LogP contribution in [0.15, 0.2) is 53.6 Å². The van der Waals surface area contributed by atoms with E-state index in [-0.39, 0.29) is 0 Å². The Morgan fingerprint density at radius 1 is 1.20 bits per heavy atom. The van der Waals surface area contributed by atoms with Crippen molar-refractivity contribution in [3.05, 3.63) is 64.8 Å². The summed E-state index contributed by atoms with van der Waals surface area (Å²) in [7, 11) is 0. The SMILES string of the molecule is Cc1nn2c(ncc3c(=O)n(NC(N)=O)ccc32)c1-c1ccccc1. The molecule has 0 saturated carbocycles. The largest absolute Gasteiger partial charge is 0.350 e. The summed E-state index contributed by atoms with van der Waals surface area (Å²) >= 11 is 0. The molecule has 0 saturated heterocycles. The molecule has 0 unspecified atom stereocenters. The van der Waals surface area contributed by atoms with Gasteiger partial charge in [0.2, 0.25) is 0 Å². The molecule has 0 aliphatic heterocycles. The number of urea groups is 1. The molecule has 0 atom stereocenters. The summed E-state index contributed by atoms with van der Waals surface area (Å²) in [6.45, 7) is 1.90. The summed E-state index contributed by atoms with van der Waals surface area (Å²) in [5.74, 6) is 0. The fraction of sp³-hybridized carbons (Fsp3) is 0.0588. The van der Waals surface area contributed by atoms with E-state index < -0.39 is 11.6 Å². The molecule has 4 aromatic rings. The number of aromatic nitrogens is 4. The number of aryl methyl sites for hydroxylation is 1. The lowest BCUT2D eigenvalue weighted by atomic mass is 10.1. The van der Waals surface area contributed by atoms with E-state index in [0.29, 0.717) is 16.6 Å². The van der Waals surface area contributed by atoms with Gasteiger partial charge in [-0.2, -0.15) is 5.10 Å². The number of carbonyl (C=O) groups is 1. The standard InChI is InChI=1S/C17H14N6O2/c1-10-14(11-5-3-2-4-6-11)15-19-9-12-13(23(15)20-10)7-8-22(16(12)24)21-17(18)25/h2-9H,1H3,(H3,18,21,25). The van der Waals surface area contributed by atoms with Crippen molar-refractivity contribution in [2.24, 2.45) is 5.73 Å². The molecule has 0 aliphatic rings. The van der Waals surface area contributed by atoms with E-state index in [2.05, 4.69) is 15.5 Å². The van der Waals surface area contributed by atoms with Crippen LogP contribution in [-0.2, 0) is 0 Å². The van der Waals surface area contributed by atoms with Gasteiger partial charge in [-0.15, -0.1) is 0 Å². The van der Waals surface area contributed by atoms with Crippen LogP contribution in [-0.4, -0.2) is 25.3 Å². The number of carbonyl (C=O) groups excluding carboxylic acids is 1. The van der Waals surface area contributed by atoms with Crippen molar-refractivity contribution in [3.8, 4) is 11.1 Å². The predicted octanol–water partition coefficient (Wildman–Crippen LogP) is 1.64. The van der Waals surface area contributed by atoms with Gasteiger partial charge in [-0.1, -0.05) is 30.3 Å². The molecule has 124 valence electrons. The maximum Gasteiger partial charge on any atom is 0.331 e. The number of rotatable bonds is 2. The van der Waals surface area contributed by atoms with Gasteiger partial charge in [0.25, 0.3) is 5.56 Å². The first kappa shape index (κ1) is 14.9. The van der Waals surface area contributed by atoms with Crippen LogP contribution in [0.25, 0.3) is 27.7 Å². The first-order valence-corrected chi connectivity index (χ1v) is 7.58. The fourth-order valence-corrected chi connectivity index (χ4v) is 2.93. The minimum Gasteiger partial charge on any atom is -0.350 e. The Morgan fingerprint density at radius 3 is 2.68 bits per heavy atom. The smallest absolute Gasteiger partial charge is 0.331 e. The molecule has 3 aromatic heterocycles. The number of fused-ring (bicyclic) bond motifs is 3. The molecule has 0 radical (unpaired) electrons. The number of primary amides is 1. The van der Waals surface area contributed by atoms with E-state index in [0.717, 1.165) is 21.5 Å². The summed E-state index contributed by atoms with van der Waals surface area (Å²) in [6.07, 6.45) is 2.92. The van der Waals surface area contributed by atoms with Gasteiger partial charge < -0.3 is 5.73 Å². The normalized spacial score (nSPS) is 11.1. The maximum atomic E-state index is 12.5. The summed E-state index contributed by atoms with van der Waals surface area (Å²) < 4.78 is 2.66. The molecule has 0 aliphatic carbocycles. The molecule has 4 rings (SSSR count). The Bertz CT molecular complexity index is 1180. The zero-order chi connectivity index (χ0) is 17.6. The van der Waals surface area contributed by atoms with Crippen molar-refractivity contribution in [2.45, 2.75) is 6.92 Å². The minimum atomic E-state index is -0.822. The second-order valence-electron chi connectivity index (χ2n) is 5.59. The highest BCUT2D eigenvalue weighted by Gasteiger charge is 2.16. The van der Waals surface area contributed by atoms with Crippen LogP contribution in [0.1, 0.15) is 5.69 Å². The van der Waals surface area contributed by atoms with E-state index in [1.807, 2.05) is 37.3 Å². The Labute approximate surface area is 141 Å². The lowest BCUT2D eigenvalue weighted by Gasteiger charge is -2.07. The van der Waals surface area contributed by atoms with Crippen LogP contribution in [0.2, 0.25) is 0 Å². The van der Waals surface area contributed by atoms with Crippen molar-refractivity contribution < 1.29 is 4.79 Å². The summed E-state index contributed by atoms with van der Waals surface area (Å²) in [5, 5.41) is 4.87. The van der Waals surface area contributed by atoms with Crippen molar-refractivity contribution in [1.82, 2.24) is 19.3 Å². The fourth-order valence-electron chi connectivity index (χ4n) is 2.93. The molecule has 8 nitrogen and oxygen atoms in total. The topological polar surface area (TPSA) is 107 Å². The van der Waals surface area contributed by atoms with Crippen molar-refractivity contribution >= 4 is 22.6 Å². The van der Waals surface area contributed by atoms with E-state index >= 15 is 0 Å². The Morgan fingerprint density at radius 2 is 1.96 bits per heavy atom. The molecule has 0 fully saturated rings. The van der Waals surface area contributed by atoms with E-state index in [4.69, 9.17) is 5.73 Å². The third-order valence-corrected chi connectivity index (χ3v) is 3.98. The van der Waals surface area contributed by atoms with Crippen molar-refractivity contribution in [2.75, 3.05) is 5.43 Å². The molecule has 3 N–H and O–H groups in total. The summed E-state index contributed by atoms with van der Waals surface area (Å²) in [4.78, 5) is 27.9. The van der Waals surface area contributed by atoms with Gasteiger partial charge >= 0.3 is 6.03 Å². The Hall–Kier alpha value is -3.68. The van der Waals surface area contributed by atoms with Crippen LogP contribution >= 0.6 is 0 Å². The highest BCUT2D eigenvalue weighted by molar-refractivity contribution is 5.87. The zero-order valence-corrected chi connectivity index (χ0v) is 13.3. The average molecular weight is 334 g/mol. The molecule has 0 bridgehead atoms. The molecule has 1 aromatic carbocycles. The number of nitrogens with one attached hydrogen (secondary N) is 1. The second kappa shape index (κ2) is 5.45. The van der Waals surface area contributed by atoms with E-state index in [1.54, 1.807) is 10.6 Å². The highest BCUT2D eigenvalue weighted by Crippen LogP contribution is 2.28. The van der Waals surface area contributed by atoms with Crippen molar-refractivity contribution in [3.63, 3.8) is 0 Å². The average Bonchev–Trinajstić information content (AvgIpc) is 2.94. The van der Waals surface area contributed by atoms with Crippen LogP contribution < -0.4 is 16.7 Å². The molecular formula is C17H14N6O2. The molecule has 25 heavy (non-hydrogen) atoms. The van der Waals surface area contributed by atoms with Crippen LogP contribution in [0.3, 0.4) is 0 Å². The molecule has 0 spiro atoms. The predicted molar refractivity (Wildman–Crippen MR) is 93.9 cm³/mol. The number of nitrogens with zero attached hydrogens (tertiary/aromatic N) is 4. The molecular weight excluding hydrogens is 320 g/mol. The second-order valence-corrected chi connectivity index (χ2v) is 5.59. The van der Waals surface area contributed by atoms with E-state index in [1.165, 1.54) is 12.4 Å². The quantitative estimate of drug-likeness (QED) is 0.581. The number of hydrogen-bond donors (Lipinski definition) is 2. The minimum absolute atomic E-state index is 0.325. The molecule has 2 amide bonds. The van der Waals surface area contributed by atoms with Gasteiger partial charge in [0.1, 0.15) is 0 Å². The summed E-state index contributed by atoms with van der Waals surface area (Å²) in [5.41, 5.74) is 10.9. The first-order valence-electron chi connectivity index (χ1n) is 7.58. The Balaban J connectivity index is 2.02. The lowest BCUT2D eigenvalue weighted by Crippen LogP contribution is -2.35. The number of hydrogen-bond acceptors (Lipinski definition) is 4. The van der Waals surface area contributed by atoms with Gasteiger partial charge in [0.05, 0.1) is 16.6 Å². The lowest BCUT2D eigenvalue weighted by molar-refractivity contribution is 0.257. The van der Waals surface area contributed by atoms with Crippen LogP contribution in [0.4, 0.5) is 4.79 Å². The zero-order valence-electron chi connectivity index (χ0n) is 13.3. The van der Waals surface area contributed by atoms with Crippen LogP contribution in [0, 0.1) is 6.92 Å². The third-order valence-electron chi connectivity index (χ3n) is 3.98. The van der Waals surface area contributed by atoms with Gasteiger partial charge in [-0.3, -0.25) is 4.79 Å². The monoisotopic (exact) mass is 334 g/mol. The molecule has 8 heteroatoms. The maximum absolute atomic E-state index is 12.5. The number of benzene rings is 1. The first-order chi connectivity index (χ1) is 12.1. The van der Waals surface area contributed by atoms with E-state index in [9.17, 15) is 9.59 Å². The van der Waals surface area contributed by atoms with Gasteiger partial charge in [-0.25, -0.2) is 24.4 Å². The van der Waals surface area contributed by atoms with Crippen LogP contribution in [0.5, 0.6) is 0 Å².